The molecule has 5 nitrogen and oxygen atoms in total. The van der Waals surface area contributed by atoms with Gasteiger partial charge in [-0.15, -0.1) is 0 Å². The molecule has 1 atom stereocenters. The summed E-state index contributed by atoms with van der Waals surface area (Å²) < 4.78 is 0. The van der Waals surface area contributed by atoms with Crippen molar-refractivity contribution in [1.82, 2.24) is 15.6 Å². The molecule has 1 unspecified atom stereocenters. The van der Waals surface area contributed by atoms with Crippen molar-refractivity contribution in [2.45, 2.75) is 59.5 Å². The fourth-order valence-corrected chi connectivity index (χ4v) is 3.61. The zero-order valence-corrected chi connectivity index (χ0v) is 19.1. The summed E-state index contributed by atoms with van der Waals surface area (Å²) in [6.45, 7) is 9.24. The highest BCUT2D eigenvalue weighted by Crippen LogP contribution is 2.23. The molecule has 0 aliphatic carbocycles. The summed E-state index contributed by atoms with van der Waals surface area (Å²) >= 11 is 0. The predicted molar refractivity (Wildman–Crippen MR) is 129 cm³/mol. The third kappa shape index (κ3) is 5.82. The first-order valence-corrected chi connectivity index (χ1v) is 11.1. The van der Waals surface area contributed by atoms with Crippen LogP contribution in [0.5, 0.6) is 0 Å². The highest BCUT2D eigenvalue weighted by molar-refractivity contribution is 6.02. The average molecular weight is 419 g/mol. The van der Waals surface area contributed by atoms with Crippen LogP contribution in [-0.2, 0) is 6.54 Å². The minimum Gasteiger partial charge on any atom is -0.394 e. The molecule has 3 N–H and O–H groups in total. The molecule has 1 aromatic carbocycles. The molecule has 1 aliphatic rings. The average Bonchev–Trinajstić information content (AvgIpc) is 2.93. The monoisotopic (exact) mass is 418 g/mol. The second-order valence-corrected chi connectivity index (χ2v) is 7.99. The van der Waals surface area contributed by atoms with Crippen molar-refractivity contribution in [3.63, 3.8) is 0 Å². The number of pyridine rings is 1. The van der Waals surface area contributed by atoms with Gasteiger partial charge in [-0.1, -0.05) is 44.2 Å². The van der Waals surface area contributed by atoms with Gasteiger partial charge in [-0.25, -0.2) is 0 Å². The molecule has 0 fully saturated rings. The zero-order valence-electron chi connectivity index (χ0n) is 19.1. The Hall–Kier alpha value is -2.92. The lowest BCUT2D eigenvalue weighted by atomic mass is 10.0. The molecule has 0 saturated carbocycles. The van der Waals surface area contributed by atoms with Crippen LogP contribution in [-0.4, -0.2) is 28.5 Å². The SMILES string of the molecule is CCC1=C(NC(CC)CO)NC(C)=C(C)C(=NCc2ccc(-c3ccccn3)cc2)C1. The Balaban J connectivity index is 1.79. The highest BCUT2D eigenvalue weighted by Gasteiger charge is 2.19. The molecule has 0 spiro atoms. The summed E-state index contributed by atoms with van der Waals surface area (Å²) in [5, 5.41) is 16.6. The summed E-state index contributed by atoms with van der Waals surface area (Å²) in [4.78, 5) is 9.41. The maximum atomic E-state index is 9.61. The van der Waals surface area contributed by atoms with E-state index < -0.39 is 0 Å². The summed E-state index contributed by atoms with van der Waals surface area (Å²) in [5.74, 6) is 1.02. The number of hydrogen-bond donors (Lipinski definition) is 3. The van der Waals surface area contributed by atoms with Crippen molar-refractivity contribution in [2.75, 3.05) is 6.61 Å². The van der Waals surface area contributed by atoms with E-state index in [1.54, 1.807) is 0 Å². The van der Waals surface area contributed by atoms with Crippen molar-refractivity contribution in [3.05, 3.63) is 76.9 Å². The van der Waals surface area contributed by atoms with E-state index in [-0.39, 0.29) is 12.6 Å². The standard InChI is InChI=1S/C26H34N4O/c1-5-21-15-25(18(3)19(4)29-26(21)30-23(6-2)17-31)28-16-20-10-12-22(13-11-20)24-9-7-8-14-27-24/h7-14,23,29-31H,5-6,15-17H2,1-4H3. The van der Waals surface area contributed by atoms with E-state index in [1.807, 2.05) is 24.4 Å². The summed E-state index contributed by atoms with van der Waals surface area (Å²) in [7, 11) is 0. The third-order valence-corrected chi connectivity index (χ3v) is 5.90. The normalized spacial score (nSPS) is 16.9. The van der Waals surface area contributed by atoms with Crippen LogP contribution < -0.4 is 10.6 Å². The van der Waals surface area contributed by atoms with Crippen LogP contribution in [0.2, 0.25) is 0 Å². The number of aromatic nitrogens is 1. The maximum absolute atomic E-state index is 9.61. The van der Waals surface area contributed by atoms with Crippen LogP contribution in [0.1, 0.15) is 52.5 Å². The molecule has 3 rings (SSSR count). The fraction of sp³-hybridized carbons (Fsp3) is 0.385. The van der Waals surface area contributed by atoms with Gasteiger partial charge in [0.15, 0.2) is 0 Å². The lowest BCUT2D eigenvalue weighted by Gasteiger charge is -2.22. The molecule has 5 heteroatoms. The molecule has 164 valence electrons. The van der Waals surface area contributed by atoms with Crippen LogP contribution in [0, 0.1) is 0 Å². The quantitative estimate of drug-likeness (QED) is 0.567. The first kappa shape index (κ1) is 22.8. The molecule has 1 aliphatic heterocycles. The molecule has 1 aromatic heterocycles. The molecule has 0 saturated heterocycles. The second-order valence-electron chi connectivity index (χ2n) is 7.99. The first-order valence-electron chi connectivity index (χ1n) is 11.1. The molecular formula is C26H34N4O. The van der Waals surface area contributed by atoms with Gasteiger partial charge in [-0.3, -0.25) is 9.98 Å². The van der Waals surface area contributed by atoms with E-state index in [9.17, 15) is 5.11 Å². The Kier molecular flexibility index (Phi) is 8.01. The molecular weight excluding hydrogens is 384 g/mol. The van der Waals surface area contributed by atoms with Crippen molar-refractivity contribution in [2.24, 2.45) is 4.99 Å². The van der Waals surface area contributed by atoms with Crippen molar-refractivity contribution in [3.8, 4) is 11.3 Å². The van der Waals surface area contributed by atoms with Crippen molar-refractivity contribution < 1.29 is 5.11 Å². The first-order chi connectivity index (χ1) is 15.0. The lowest BCUT2D eigenvalue weighted by molar-refractivity contribution is 0.245. The molecule has 0 bridgehead atoms. The fourth-order valence-electron chi connectivity index (χ4n) is 3.61. The number of rotatable bonds is 8. The van der Waals surface area contributed by atoms with Gasteiger partial charge in [0.1, 0.15) is 5.82 Å². The van der Waals surface area contributed by atoms with E-state index >= 15 is 0 Å². The van der Waals surface area contributed by atoms with E-state index in [2.05, 4.69) is 67.6 Å². The predicted octanol–water partition coefficient (Wildman–Crippen LogP) is 4.96. The minimum absolute atomic E-state index is 0.0493. The number of benzene rings is 1. The van der Waals surface area contributed by atoms with Gasteiger partial charge in [0.25, 0.3) is 0 Å². The molecule has 2 aromatic rings. The van der Waals surface area contributed by atoms with Gasteiger partial charge in [-0.2, -0.15) is 0 Å². The summed E-state index contributed by atoms with van der Waals surface area (Å²) in [6.07, 6.45) is 4.42. The Morgan fingerprint density at radius 2 is 1.90 bits per heavy atom. The van der Waals surface area contributed by atoms with E-state index in [0.29, 0.717) is 6.54 Å². The minimum atomic E-state index is 0.0493. The van der Waals surface area contributed by atoms with Gasteiger partial charge in [0.2, 0.25) is 0 Å². The van der Waals surface area contributed by atoms with Gasteiger partial charge < -0.3 is 15.7 Å². The number of aliphatic hydroxyl groups is 1. The number of hydrogen-bond acceptors (Lipinski definition) is 5. The molecule has 0 radical (unpaired) electrons. The second kappa shape index (κ2) is 10.9. The van der Waals surface area contributed by atoms with Crippen LogP contribution in [0.15, 0.2) is 76.3 Å². The number of nitrogens with zero attached hydrogens (tertiary/aromatic N) is 2. The van der Waals surface area contributed by atoms with Crippen molar-refractivity contribution >= 4 is 5.71 Å². The Bertz CT molecular complexity index is 955. The van der Waals surface area contributed by atoms with Crippen LogP contribution in [0.25, 0.3) is 11.3 Å². The van der Waals surface area contributed by atoms with Gasteiger partial charge >= 0.3 is 0 Å². The van der Waals surface area contributed by atoms with Gasteiger partial charge in [0, 0.05) is 29.6 Å². The van der Waals surface area contributed by atoms with Gasteiger partial charge in [-0.05, 0) is 55.5 Å². The van der Waals surface area contributed by atoms with E-state index in [0.717, 1.165) is 47.7 Å². The number of nitrogens with one attached hydrogen (secondary N) is 2. The zero-order chi connectivity index (χ0) is 22.2. The Morgan fingerprint density at radius 1 is 1.13 bits per heavy atom. The highest BCUT2D eigenvalue weighted by atomic mass is 16.3. The van der Waals surface area contributed by atoms with Crippen LogP contribution in [0.3, 0.4) is 0 Å². The summed E-state index contributed by atoms with van der Waals surface area (Å²) in [6, 6.07) is 14.5. The number of allylic oxidation sites excluding steroid dienone is 3. The number of aliphatic hydroxyl groups excluding tert-OH is 1. The summed E-state index contributed by atoms with van der Waals surface area (Å²) in [5.41, 5.74) is 7.96. The molecule has 31 heavy (non-hydrogen) atoms. The van der Waals surface area contributed by atoms with Crippen molar-refractivity contribution in [1.29, 1.82) is 0 Å². The lowest BCUT2D eigenvalue weighted by Crippen LogP contribution is -2.37. The Labute approximate surface area is 186 Å². The number of aliphatic imine (C=N–C) groups is 1. The van der Waals surface area contributed by atoms with Crippen LogP contribution >= 0.6 is 0 Å². The maximum Gasteiger partial charge on any atom is 0.103 e. The third-order valence-electron chi connectivity index (χ3n) is 5.90. The smallest absolute Gasteiger partial charge is 0.103 e. The van der Waals surface area contributed by atoms with Crippen LogP contribution in [0.4, 0.5) is 0 Å². The van der Waals surface area contributed by atoms with Gasteiger partial charge in [0.05, 0.1) is 24.9 Å². The molecule has 2 heterocycles. The largest absolute Gasteiger partial charge is 0.394 e. The Morgan fingerprint density at radius 3 is 2.52 bits per heavy atom. The topological polar surface area (TPSA) is 69.5 Å². The van der Waals surface area contributed by atoms with E-state index in [4.69, 9.17) is 4.99 Å². The van der Waals surface area contributed by atoms with E-state index in [1.165, 1.54) is 16.7 Å². The molecule has 0 amide bonds.